The summed E-state index contributed by atoms with van der Waals surface area (Å²) < 4.78 is 0. The Bertz CT molecular complexity index is 3780. The molecule has 4 aliphatic rings. The van der Waals surface area contributed by atoms with Gasteiger partial charge < -0.3 is 0 Å². The van der Waals surface area contributed by atoms with Crippen molar-refractivity contribution in [1.82, 2.24) is 15.0 Å². The van der Waals surface area contributed by atoms with Crippen molar-refractivity contribution in [1.29, 1.82) is 0 Å². The summed E-state index contributed by atoms with van der Waals surface area (Å²) in [4.78, 5) is 16.2. The van der Waals surface area contributed by atoms with Gasteiger partial charge in [-0.2, -0.15) is 0 Å². The zero-order chi connectivity index (χ0) is 45.2. The van der Waals surface area contributed by atoms with Gasteiger partial charge in [0.05, 0.1) is 5.41 Å². The van der Waals surface area contributed by atoms with Crippen molar-refractivity contribution in [2.24, 2.45) is 0 Å². The van der Waals surface area contributed by atoms with Crippen LogP contribution in [0.1, 0.15) is 44.5 Å². The van der Waals surface area contributed by atoms with Crippen LogP contribution in [0.2, 0.25) is 0 Å². The van der Waals surface area contributed by atoms with Crippen LogP contribution in [-0.2, 0) is 18.3 Å². The molecule has 1 aromatic heterocycles. The largest absolute Gasteiger partial charge is 0.208 e. The van der Waals surface area contributed by atoms with Gasteiger partial charge in [0.1, 0.15) is 0 Å². The number of aromatic nitrogens is 3. The number of hydrogen-bond acceptors (Lipinski definition) is 3. The highest BCUT2D eigenvalue weighted by Gasteiger charge is 2.51. The lowest BCUT2D eigenvalue weighted by atomic mass is 9.70. The van der Waals surface area contributed by atoms with Gasteiger partial charge in [-0.1, -0.05) is 206 Å². The average molecular weight is 876 g/mol. The second kappa shape index (κ2) is 14.6. The second-order valence-corrected chi connectivity index (χ2v) is 19.0. The van der Waals surface area contributed by atoms with Crippen molar-refractivity contribution < 1.29 is 0 Å². The summed E-state index contributed by atoms with van der Waals surface area (Å²) in [6.07, 6.45) is 1.89. The molecule has 1 spiro atoms. The predicted molar refractivity (Wildman–Crippen MR) is 280 cm³/mol. The molecule has 1 heterocycles. The van der Waals surface area contributed by atoms with Gasteiger partial charge in [-0.15, -0.1) is 0 Å². The quantitative estimate of drug-likeness (QED) is 0.173. The zero-order valence-electron chi connectivity index (χ0n) is 37.6. The first-order valence-corrected chi connectivity index (χ1v) is 24.0. The molecule has 320 valence electrons. The highest BCUT2D eigenvalue weighted by atomic mass is 15.0. The minimum atomic E-state index is -0.426. The molecule has 0 saturated heterocycles. The fourth-order valence-electron chi connectivity index (χ4n) is 12.5. The number of fused-ring (bicyclic) bond motifs is 16. The molecule has 4 aliphatic carbocycles. The zero-order valence-corrected chi connectivity index (χ0v) is 37.6. The van der Waals surface area contributed by atoms with Gasteiger partial charge in [-0.3, -0.25) is 0 Å². The van der Waals surface area contributed by atoms with Crippen LogP contribution in [0.3, 0.4) is 0 Å². The van der Waals surface area contributed by atoms with Crippen LogP contribution in [0.25, 0.3) is 101 Å². The van der Waals surface area contributed by atoms with Gasteiger partial charge in [0.25, 0.3) is 0 Å². The first-order chi connectivity index (χ1) is 34.2. The highest BCUT2D eigenvalue weighted by Crippen LogP contribution is 2.63. The Hall–Kier alpha value is -8.79. The lowest BCUT2D eigenvalue weighted by Gasteiger charge is -2.30. The van der Waals surface area contributed by atoms with Crippen molar-refractivity contribution in [2.45, 2.75) is 18.3 Å². The molecule has 3 heteroatoms. The second-order valence-electron chi connectivity index (χ2n) is 19.0. The minimum Gasteiger partial charge on any atom is -0.208 e. The molecule has 0 N–H and O–H groups in total. The molecule has 10 aromatic carbocycles. The minimum absolute atomic E-state index is 0.426. The Kier molecular flexibility index (Phi) is 8.11. The molecule has 0 fully saturated rings. The molecular weight excluding hydrogens is 835 g/mol. The van der Waals surface area contributed by atoms with Crippen LogP contribution in [0, 0.1) is 0 Å². The van der Waals surface area contributed by atoms with Gasteiger partial charge in [0, 0.05) is 16.7 Å². The average Bonchev–Trinajstić information content (AvgIpc) is 4.16. The number of rotatable bonds is 5. The maximum atomic E-state index is 5.42. The Labute approximate surface area is 401 Å². The summed E-state index contributed by atoms with van der Waals surface area (Å²) >= 11 is 0. The molecule has 69 heavy (non-hydrogen) atoms. The molecule has 0 aliphatic heterocycles. The van der Waals surface area contributed by atoms with E-state index in [2.05, 4.69) is 224 Å². The molecule has 0 saturated carbocycles. The molecule has 0 amide bonds. The first-order valence-electron chi connectivity index (χ1n) is 24.0. The SMILES string of the molecule is c1cc(-c2nc(-c3cccc(-c4cccc5c4-c4ccccc4C5)c3)nc(-c3ccc4c(c3)-c3ccccc3C43c4ccccc4-c4ccccc43)n2)cc(-c2cccc3c2-c2ccccc2C3)c1. The number of benzene rings is 10. The van der Waals surface area contributed by atoms with Crippen LogP contribution in [0.4, 0.5) is 0 Å². The highest BCUT2D eigenvalue weighted by molar-refractivity contribution is 5.97. The summed E-state index contributed by atoms with van der Waals surface area (Å²) in [5, 5.41) is 0. The Balaban J connectivity index is 0.918. The van der Waals surface area contributed by atoms with Gasteiger partial charge in [-0.05, 0) is 142 Å². The summed E-state index contributed by atoms with van der Waals surface area (Å²) in [6.45, 7) is 0. The predicted octanol–water partition coefficient (Wildman–Crippen LogP) is 15.7. The Morgan fingerprint density at radius 3 is 1.09 bits per heavy atom. The lowest BCUT2D eigenvalue weighted by molar-refractivity contribution is 0.794. The fourth-order valence-corrected chi connectivity index (χ4v) is 12.5. The summed E-state index contributed by atoms with van der Waals surface area (Å²) in [7, 11) is 0. The van der Waals surface area contributed by atoms with Gasteiger partial charge >= 0.3 is 0 Å². The molecule has 0 unspecified atom stereocenters. The van der Waals surface area contributed by atoms with Crippen LogP contribution < -0.4 is 0 Å². The topological polar surface area (TPSA) is 38.7 Å². The molecule has 0 atom stereocenters. The van der Waals surface area contributed by atoms with Gasteiger partial charge in [-0.25, -0.2) is 15.0 Å². The molecule has 0 bridgehead atoms. The van der Waals surface area contributed by atoms with E-state index in [1.807, 2.05) is 0 Å². The third-order valence-electron chi connectivity index (χ3n) is 15.4. The fraction of sp³-hybridized carbons (Fsp3) is 0.0455. The van der Waals surface area contributed by atoms with Crippen LogP contribution in [0.15, 0.2) is 224 Å². The third kappa shape index (κ3) is 5.53. The normalized spacial score (nSPS) is 13.5. The Morgan fingerprint density at radius 1 is 0.246 bits per heavy atom. The van der Waals surface area contributed by atoms with Crippen LogP contribution in [-0.4, -0.2) is 15.0 Å². The molecule has 11 aromatic rings. The summed E-state index contributed by atoms with van der Waals surface area (Å²) in [6, 6.07) is 82.4. The van der Waals surface area contributed by atoms with E-state index < -0.39 is 5.41 Å². The van der Waals surface area contributed by atoms with Gasteiger partial charge in [0.15, 0.2) is 17.5 Å². The van der Waals surface area contributed by atoms with Crippen molar-refractivity contribution >= 4 is 0 Å². The van der Waals surface area contributed by atoms with E-state index in [1.54, 1.807) is 0 Å². The Morgan fingerprint density at radius 2 is 0.594 bits per heavy atom. The van der Waals surface area contributed by atoms with E-state index in [9.17, 15) is 0 Å². The van der Waals surface area contributed by atoms with Crippen molar-refractivity contribution in [3.05, 3.63) is 269 Å². The van der Waals surface area contributed by atoms with Gasteiger partial charge in [0.2, 0.25) is 0 Å². The lowest BCUT2D eigenvalue weighted by Crippen LogP contribution is -2.25. The van der Waals surface area contributed by atoms with Crippen molar-refractivity contribution in [2.75, 3.05) is 0 Å². The first kappa shape index (κ1) is 38.3. The molecular formula is C66H41N3. The van der Waals surface area contributed by atoms with Crippen LogP contribution >= 0.6 is 0 Å². The summed E-state index contributed by atoms with van der Waals surface area (Å²) in [5.74, 6) is 1.92. The maximum absolute atomic E-state index is 5.42. The molecule has 15 rings (SSSR count). The summed E-state index contributed by atoms with van der Waals surface area (Å²) in [5.41, 5.74) is 28.2. The molecule has 3 nitrogen and oxygen atoms in total. The van der Waals surface area contributed by atoms with Crippen molar-refractivity contribution in [3.8, 4) is 101 Å². The number of hydrogen-bond donors (Lipinski definition) is 0. The molecule has 0 radical (unpaired) electrons. The van der Waals surface area contributed by atoms with Crippen LogP contribution in [0.5, 0.6) is 0 Å². The van der Waals surface area contributed by atoms with E-state index in [4.69, 9.17) is 15.0 Å². The standard InChI is InChI=1S/C66H41N3/c1-3-23-49-40(15-1)35-44-19-13-28-51(61(44)49)42-17-11-21-46(37-42)63-67-64(47-22-12-18-43(38-47)52-29-14-20-45-36-41-16-2-4-24-50(41)62(45)52)69-65(68-63)48-33-34-60-56(39-48)55-27-7-10-32-59(55)66(60)57-30-8-5-25-53(57)54-26-6-9-31-58(54)66/h1-34,37-39H,35-36H2. The van der Waals surface area contributed by atoms with E-state index in [-0.39, 0.29) is 0 Å². The maximum Gasteiger partial charge on any atom is 0.164 e. The third-order valence-corrected chi connectivity index (χ3v) is 15.4. The monoisotopic (exact) mass is 875 g/mol. The van der Waals surface area contributed by atoms with E-state index in [0.29, 0.717) is 17.5 Å². The van der Waals surface area contributed by atoms with E-state index in [0.717, 1.165) is 40.7 Å². The van der Waals surface area contributed by atoms with E-state index >= 15 is 0 Å². The number of nitrogens with zero attached hydrogens (tertiary/aromatic N) is 3. The smallest absolute Gasteiger partial charge is 0.164 e. The van der Waals surface area contributed by atoms with Crippen molar-refractivity contribution in [3.63, 3.8) is 0 Å². The van der Waals surface area contributed by atoms with E-state index in [1.165, 1.54) is 100 Å².